The summed E-state index contributed by atoms with van der Waals surface area (Å²) in [5, 5.41) is 0. The Morgan fingerprint density at radius 1 is 1.54 bits per heavy atom. The highest BCUT2D eigenvalue weighted by molar-refractivity contribution is 5.66. The van der Waals surface area contributed by atoms with Crippen LogP contribution in [0.3, 0.4) is 0 Å². The average Bonchev–Trinajstić information content (AvgIpc) is 2.18. The second-order valence-corrected chi connectivity index (χ2v) is 3.41. The smallest absolute Gasteiger partial charge is 0.409 e. The number of carbonyl (C=O) groups excluding carboxylic acids is 1. The monoisotopic (exact) mass is 187 g/mol. The van der Waals surface area contributed by atoms with E-state index in [2.05, 4.69) is 4.74 Å². The zero-order valence-electron chi connectivity index (χ0n) is 8.28. The van der Waals surface area contributed by atoms with Crippen molar-refractivity contribution in [3.63, 3.8) is 0 Å². The Kier molecular flexibility index (Phi) is 4.02. The molecule has 0 aromatic heterocycles. The molecule has 1 saturated heterocycles. The molecule has 0 spiro atoms. The third-order valence-electron chi connectivity index (χ3n) is 2.36. The first-order valence-corrected chi connectivity index (χ1v) is 4.61. The summed E-state index contributed by atoms with van der Waals surface area (Å²) in [4.78, 5) is 12.7. The van der Waals surface area contributed by atoms with Gasteiger partial charge in [-0.15, -0.1) is 0 Å². The van der Waals surface area contributed by atoms with Crippen LogP contribution in [0.1, 0.15) is 12.8 Å². The molecule has 1 aliphatic rings. The molecule has 0 aromatic rings. The van der Waals surface area contributed by atoms with E-state index in [4.69, 9.17) is 4.74 Å². The molecule has 0 atom stereocenters. The van der Waals surface area contributed by atoms with E-state index in [1.807, 2.05) is 0 Å². The van der Waals surface area contributed by atoms with Crippen molar-refractivity contribution < 1.29 is 14.3 Å². The highest BCUT2D eigenvalue weighted by Crippen LogP contribution is 2.15. The van der Waals surface area contributed by atoms with Gasteiger partial charge in [-0.05, 0) is 18.8 Å². The van der Waals surface area contributed by atoms with Gasteiger partial charge in [0.05, 0.1) is 7.11 Å². The Morgan fingerprint density at radius 2 is 2.15 bits per heavy atom. The Labute approximate surface area is 78.8 Å². The number of nitrogens with zero attached hydrogens (tertiary/aromatic N) is 1. The summed E-state index contributed by atoms with van der Waals surface area (Å²) in [6.07, 6.45) is 1.83. The fourth-order valence-electron chi connectivity index (χ4n) is 1.55. The molecule has 0 N–H and O–H groups in total. The van der Waals surface area contributed by atoms with Gasteiger partial charge in [-0.25, -0.2) is 4.79 Å². The van der Waals surface area contributed by atoms with Crippen LogP contribution in [0.4, 0.5) is 4.79 Å². The van der Waals surface area contributed by atoms with Crippen LogP contribution in [0.25, 0.3) is 0 Å². The molecule has 0 aromatic carbocycles. The van der Waals surface area contributed by atoms with Gasteiger partial charge in [0.1, 0.15) is 0 Å². The van der Waals surface area contributed by atoms with Crippen LogP contribution in [0.15, 0.2) is 0 Å². The van der Waals surface area contributed by atoms with Crippen molar-refractivity contribution in [1.82, 2.24) is 4.90 Å². The van der Waals surface area contributed by atoms with Crippen molar-refractivity contribution >= 4 is 6.09 Å². The summed E-state index contributed by atoms with van der Waals surface area (Å²) in [5.41, 5.74) is 0. The zero-order chi connectivity index (χ0) is 9.68. The SMILES string of the molecule is COC(=O)N(C)CC1CCOCC1. The minimum Gasteiger partial charge on any atom is -0.453 e. The maximum Gasteiger partial charge on any atom is 0.409 e. The number of carbonyl (C=O) groups is 1. The molecule has 0 saturated carbocycles. The third-order valence-corrected chi connectivity index (χ3v) is 2.36. The number of amides is 1. The Balaban J connectivity index is 2.25. The van der Waals surface area contributed by atoms with Crippen LogP contribution in [-0.2, 0) is 9.47 Å². The molecular formula is C9H17NO3. The molecule has 1 aliphatic heterocycles. The summed E-state index contributed by atoms with van der Waals surface area (Å²) >= 11 is 0. The number of hydrogen-bond donors (Lipinski definition) is 0. The van der Waals surface area contributed by atoms with Gasteiger partial charge in [-0.3, -0.25) is 0 Å². The van der Waals surface area contributed by atoms with Crippen molar-refractivity contribution in [3.8, 4) is 0 Å². The van der Waals surface area contributed by atoms with Crippen molar-refractivity contribution in [2.24, 2.45) is 5.92 Å². The highest BCUT2D eigenvalue weighted by Gasteiger charge is 2.18. The van der Waals surface area contributed by atoms with Crippen LogP contribution >= 0.6 is 0 Å². The molecule has 0 bridgehead atoms. The molecule has 1 fully saturated rings. The van der Waals surface area contributed by atoms with Crippen LogP contribution < -0.4 is 0 Å². The Morgan fingerprint density at radius 3 is 2.69 bits per heavy atom. The van der Waals surface area contributed by atoms with Gasteiger partial charge in [0.25, 0.3) is 0 Å². The summed E-state index contributed by atoms with van der Waals surface area (Å²) in [5.74, 6) is 0.567. The summed E-state index contributed by atoms with van der Waals surface area (Å²) in [6, 6.07) is 0. The molecule has 1 rings (SSSR count). The lowest BCUT2D eigenvalue weighted by molar-refractivity contribution is 0.0534. The number of rotatable bonds is 2. The molecule has 13 heavy (non-hydrogen) atoms. The topological polar surface area (TPSA) is 38.8 Å². The number of ether oxygens (including phenoxy) is 2. The van der Waals surface area contributed by atoms with Crippen molar-refractivity contribution in [2.75, 3.05) is 33.9 Å². The van der Waals surface area contributed by atoms with Gasteiger partial charge < -0.3 is 14.4 Å². The molecular weight excluding hydrogens is 170 g/mol. The number of methoxy groups -OCH3 is 1. The van der Waals surface area contributed by atoms with Gasteiger partial charge in [0.15, 0.2) is 0 Å². The standard InChI is InChI=1S/C9H17NO3/c1-10(9(11)12-2)7-8-3-5-13-6-4-8/h8H,3-7H2,1-2H3. The van der Waals surface area contributed by atoms with E-state index in [9.17, 15) is 4.79 Å². The fourth-order valence-corrected chi connectivity index (χ4v) is 1.55. The van der Waals surface area contributed by atoms with E-state index in [1.165, 1.54) is 7.11 Å². The van der Waals surface area contributed by atoms with Crippen LogP contribution in [0.2, 0.25) is 0 Å². The predicted octanol–water partition coefficient (Wildman–Crippen LogP) is 1.11. The second kappa shape index (κ2) is 5.07. The first kappa shape index (κ1) is 10.3. The fraction of sp³-hybridized carbons (Fsp3) is 0.889. The van der Waals surface area contributed by atoms with Crippen molar-refractivity contribution in [3.05, 3.63) is 0 Å². The molecule has 0 radical (unpaired) electrons. The molecule has 76 valence electrons. The maximum absolute atomic E-state index is 11.1. The van der Waals surface area contributed by atoms with Gasteiger partial charge in [-0.2, -0.15) is 0 Å². The minimum atomic E-state index is -0.258. The lowest BCUT2D eigenvalue weighted by Gasteiger charge is -2.26. The quantitative estimate of drug-likeness (QED) is 0.650. The van der Waals surface area contributed by atoms with E-state index in [-0.39, 0.29) is 6.09 Å². The first-order valence-electron chi connectivity index (χ1n) is 4.61. The van der Waals surface area contributed by atoms with Gasteiger partial charge in [0.2, 0.25) is 0 Å². The summed E-state index contributed by atoms with van der Waals surface area (Å²) in [7, 11) is 3.17. The Bertz CT molecular complexity index is 166. The number of hydrogen-bond acceptors (Lipinski definition) is 3. The Hall–Kier alpha value is -0.770. The minimum absolute atomic E-state index is 0.258. The van der Waals surface area contributed by atoms with E-state index >= 15 is 0 Å². The largest absolute Gasteiger partial charge is 0.453 e. The molecule has 0 aliphatic carbocycles. The lowest BCUT2D eigenvalue weighted by Crippen LogP contribution is -2.33. The van der Waals surface area contributed by atoms with Crippen LogP contribution in [0.5, 0.6) is 0 Å². The normalized spacial score (nSPS) is 18.3. The summed E-state index contributed by atoms with van der Waals surface area (Å²) in [6.45, 7) is 2.41. The van der Waals surface area contributed by atoms with Crippen LogP contribution in [-0.4, -0.2) is 44.9 Å². The van der Waals surface area contributed by atoms with Gasteiger partial charge >= 0.3 is 6.09 Å². The average molecular weight is 187 g/mol. The zero-order valence-corrected chi connectivity index (χ0v) is 8.28. The molecule has 1 amide bonds. The molecule has 4 nitrogen and oxygen atoms in total. The van der Waals surface area contributed by atoms with E-state index in [0.717, 1.165) is 32.6 Å². The first-order chi connectivity index (χ1) is 6.24. The van der Waals surface area contributed by atoms with Gasteiger partial charge in [0, 0.05) is 26.8 Å². The molecule has 0 unspecified atom stereocenters. The molecule has 4 heteroatoms. The maximum atomic E-state index is 11.1. The molecule has 1 heterocycles. The van der Waals surface area contributed by atoms with Crippen molar-refractivity contribution in [2.45, 2.75) is 12.8 Å². The van der Waals surface area contributed by atoms with Crippen molar-refractivity contribution in [1.29, 1.82) is 0 Å². The van der Waals surface area contributed by atoms with E-state index in [0.29, 0.717) is 5.92 Å². The second-order valence-electron chi connectivity index (χ2n) is 3.41. The van der Waals surface area contributed by atoms with E-state index < -0.39 is 0 Å². The highest BCUT2D eigenvalue weighted by atomic mass is 16.5. The predicted molar refractivity (Wildman–Crippen MR) is 48.6 cm³/mol. The third kappa shape index (κ3) is 3.22. The summed E-state index contributed by atoms with van der Waals surface area (Å²) < 4.78 is 9.84. The lowest BCUT2D eigenvalue weighted by atomic mass is 10.0. The van der Waals surface area contributed by atoms with Gasteiger partial charge in [-0.1, -0.05) is 0 Å². The van der Waals surface area contributed by atoms with Crippen LogP contribution in [0, 0.1) is 5.92 Å². The van der Waals surface area contributed by atoms with E-state index in [1.54, 1.807) is 11.9 Å².